The summed E-state index contributed by atoms with van der Waals surface area (Å²) in [5, 5.41) is 0. The molecule has 0 aromatic heterocycles. The number of sulfone groups is 1. The van der Waals surface area contributed by atoms with Crippen LogP contribution in [-0.4, -0.2) is 51.3 Å². The highest BCUT2D eigenvalue weighted by atomic mass is 32.2. The topological polar surface area (TPSA) is 63.7 Å². The van der Waals surface area contributed by atoms with Crippen LogP contribution in [0.1, 0.15) is 31.7 Å². The number of carbonyl (C=O) groups excluding carboxylic acids is 1. The van der Waals surface area contributed by atoms with Crippen LogP contribution in [0.2, 0.25) is 0 Å². The smallest absolute Gasteiger partial charge is 0.227 e. The molecule has 6 heteroatoms. The lowest BCUT2D eigenvalue weighted by atomic mass is 9.82. The van der Waals surface area contributed by atoms with Crippen LogP contribution in [0, 0.1) is 5.41 Å². The van der Waals surface area contributed by atoms with Gasteiger partial charge in [0.15, 0.2) is 9.84 Å². The van der Waals surface area contributed by atoms with Crippen molar-refractivity contribution in [1.82, 2.24) is 4.90 Å². The van der Waals surface area contributed by atoms with Crippen LogP contribution < -0.4 is 0 Å². The van der Waals surface area contributed by atoms with Gasteiger partial charge in [0.2, 0.25) is 5.91 Å². The fraction of sp³-hybridized carbons (Fsp3) is 0.611. The predicted molar refractivity (Wildman–Crippen MR) is 91.6 cm³/mol. The fourth-order valence-electron chi connectivity index (χ4n) is 3.68. The first-order chi connectivity index (χ1) is 11.4. The van der Waals surface area contributed by atoms with Crippen LogP contribution in [0.15, 0.2) is 29.2 Å². The van der Waals surface area contributed by atoms with Gasteiger partial charge in [0.05, 0.1) is 23.7 Å². The summed E-state index contributed by atoms with van der Waals surface area (Å²) in [6.45, 7) is 4.74. The van der Waals surface area contributed by atoms with E-state index in [0.29, 0.717) is 4.90 Å². The van der Waals surface area contributed by atoms with E-state index in [1.54, 1.807) is 25.1 Å². The predicted octanol–water partition coefficient (Wildman–Crippen LogP) is 2.05. The minimum Gasteiger partial charge on any atom is -0.381 e. The zero-order valence-corrected chi connectivity index (χ0v) is 15.0. The SMILES string of the molecule is CCS(=O)(=O)c1cccc(CC(=O)N2CCC3(CCCOC3)C2)c1. The van der Waals surface area contributed by atoms with E-state index in [1.165, 1.54) is 0 Å². The Kier molecular flexibility index (Phi) is 4.97. The molecule has 24 heavy (non-hydrogen) atoms. The van der Waals surface area contributed by atoms with E-state index in [4.69, 9.17) is 4.74 Å². The molecular formula is C18H25NO4S. The average molecular weight is 351 g/mol. The summed E-state index contributed by atoms with van der Waals surface area (Å²) in [6, 6.07) is 6.76. The third kappa shape index (κ3) is 3.64. The van der Waals surface area contributed by atoms with Gasteiger partial charge in [-0.25, -0.2) is 8.42 Å². The van der Waals surface area contributed by atoms with Gasteiger partial charge < -0.3 is 9.64 Å². The molecule has 5 nitrogen and oxygen atoms in total. The molecule has 1 aromatic carbocycles. The Morgan fingerprint density at radius 2 is 2.17 bits per heavy atom. The van der Waals surface area contributed by atoms with Crippen molar-refractivity contribution in [2.24, 2.45) is 5.41 Å². The average Bonchev–Trinajstić information content (AvgIpc) is 2.99. The van der Waals surface area contributed by atoms with E-state index in [1.807, 2.05) is 11.0 Å². The first-order valence-electron chi connectivity index (χ1n) is 8.61. The fourth-order valence-corrected chi connectivity index (χ4v) is 4.63. The van der Waals surface area contributed by atoms with Crippen molar-refractivity contribution in [1.29, 1.82) is 0 Å². The second-order valence-corrected chi connectivity index (χ2v) is 9.23. The number of benzene rings is 1. The number of hydrogen-bond donors (Lipinski definition) is 0. The Morgan fingerprint density at radius 1 is 1.33 bits per heavy atom. The Morgan fingerprint density at radius 3 is 2.88 bits per heavy atom. The van der Waals surface area contributed by atoms with E-state index in [2.05, 4.69) is 0 Å². The van der Waals surface area contributed by atoms with Crippen molar-refractivity contribution >= 4 is 15.7 Å². The molecule has 3 rings (SSSR count). The Hall–Kier alpha value is -1.40. The van der Waals surface area contributed by atoms with Crippen molar-refractivity contribution in [3.05, 3.63) is 29.8 Å². The van der Waals surface area contributed by atoms with Crippen LogP contribution in [0.3, 0.4) is 0 Å². The Bertz CT molecular complexity index is 707. The third-order valence-corrected chi connectivity index (χ3v) is 6.92. The van der Waals surface area contributed by atoms with Gasteiger partial charge in [-0.3, -0.25) is 4.79 Å². The zero-order valence-electron chi connectivity index (χ0n) is 14.2. The van der Waals surface area contributed by atoms with Crippen LogP contribution in [-0.2, 0) is 25.8 Å². The molecule has 1 spiro atoms. The first kappa shape index (κ1) is 17.4. The molecule has 2 heterocycles. The molecule has 0 saturated carbocycles. The standard InChI is InChI=1S/C18H25NO4S/c1-2-24(21,22)16-6-3-5-15(11-16)12-17(20)19-9-8-18(13-19)7-4-10-23-14-18/h3,5-6,11H,2,4,7-10,12-14H2,1H3. The molecule has 1 unspecified atom stereocenters. The Balaban J connectivity index is 1.66. The normalized spacial score (nSPS) is 24.5. The van der Waals surface area contributed by atoms with E-state index in [0.717, 1.165) is 51.1 Å². The number of ether oxygens (including phenoxy) is 1. The monoisotopic (exact) mass is 351 g/mol. The lowest BCUT2D eigenvalue weighted by Crippen LogP contribution is -2.37. The molecule has 0 aliphatic carbocycles. The van der Waals surface area contributed by atoms with Crippen molar-refractivity contribution in [2.45, 2.75) is 37.5 Å². The van der Waals surface area contributed by atoms with Gasteiger partial charge in [-0.2, -0.15) is 0 Å². The molecule has 0 bridgehead atoms. The second-order valence-electron chi connectivity index (χ2n) is 6.95. The van der Waals surface area contributed by atoms with E-state index >= 15 is 0 Å². The lowest BCUT2D eigenvalue weighted by molar-refractivity contribution is -0.130. The molecule has 1 amide bonds. The number of carbonyl (C=O) groups is 1. The molecular weight excluding hydrogens is 326 g/mol. The number of rotatable bonds is 4. The molecule has 0 radical (unpaired) electrons. The van der Waals surface area contributed by atoms with E-state index in [-0.39, 0.29) is 23.5 Å². The summed E-state index contributed by atoms with van der Waals surface area (Å²) in [4.78, 5) is 14.8. The van der Waals surface area contributed by atoms with E-state index < -0.39 is 9.84 Å². The molecule has 2 saturated heterocycles. The van der Waals surface area contributed by atoms with Gasteiger partial charge in [0, 0.05) is 25.1 Å². The van der Waals surface area contributed by atoms with Crippen molar-refractivity contribution < 1.29 is 17.9 Å². The second kappa shape index (κ2) is 6.84. The van der Waals surface area contributed by atoms with Gasteiger partial charge in [-0.1, -0.05) is 19.1 Å². The number of nitrogens with zero attached hydrogens (tertiary/aromatic N) is 1. The van der Waals surface area contributed by atoms with Crippen LogP contribution in [0.25, 0.3) is 0 Å². The highest BCUT2D eigenvalue weighted by Crippen LogP contribution is 2.38. The quantitative estimate of drug-likeness (QED) is 0.833. The summed E-state index contributed by atoms with van der Waals surface area (Å²) in [6.07, 6.45) is 3.45. The highest BCUT2D eigenvalue weighted by Gasteiger charge is 2.41. The summed E-state index contributed by atoms with van der Waals surface area (Å²) in [7, 11) is -3.24. The zero-order chi connectivity index (χ0) is 17.2. The van der Waals surface area contributed by atoms with Crippen LogP contribution in [0.4, 0.5) is 0 Å². The largest absolute Gasteiger partial charge is 0.381 e. The summed E-state index contributed by atoms with van der Waals surface area (Å²) < 4.78 is 29.6. The minimum absolute atomic E-state index is 0.0685. The first-order valence-corrected chi connectivity index (χ1v) is 10.3. The summed E-state index contributed by atoms with van der Waals surface area (Å²) >= 11 is 0. The molecule has 1 atom stereocenters. The summed E-state index contributed by atoms with van der Waals surface area (Å²) in [5.74, 6) is 0.141. The van der Waals surface area contributed by atoms with Crippen LogP contribution in [0.5, 0.6) is 0 Å². The molecule has 1 aromatic rings. The maximum Gasteiger partial charge on any atom is 0.227 e. The molecule has 2 aliphatic heterocycles. The number of likely N-dealkylation sites (tertiary alicyclic amines) is 1. The van der Waals surface area contributed by atoms with Gasteiger partial charge in [0.1, 0.15) is 0 Å². The van der Waals surface area contributed by atoms with Gasteiger partial charge in [-0.05, 0) is 37.0 Å². The van der Waals surface area contributed by atoms with Crippen molar-refractivity contribution in [3.8, 4) is 0 Å². The summed E-state index contributed by atoms with van der Waals surface area (Å²) in [5.41, 5.74) is 0.900. The van der Waals surface area contributed by atoms with Crippen molar-refractivity contribution in [3.63, 3.8) is 0 Å². The highest BCUT2D eigenvalue weighted by molar-refractivity contribution is 7.91. The molecule has 132 valence electrons. The van der Waals surface area contributed by atoms with Crippen molar-refractivity contribution in [2.75, 3.05) is 32.1 Å². The molecule has 2 fully saturated rings. The third-order valence-electron chi connectivity index (χ3n) is 5.19. The maximum absolute atomic E-state index is 12.6. The Labute approximate surface area is 143 Å². The minimum atomic E-state index is -3.24. The maximum atomic E-state index is 12.6. The van der Waals surface area contributed by atoms with Gasteiger partial charge in [-0.15, -0.1) is 0 Å². The van der Waals surface area contributed by atoms with Gasteiger partial charge in [0.25, 0.3) is 0 Å². The molecule has 0 N–H and O–H groups in total. The number of hydrogen-bond acceptors (Lipinski definition) is 4. The van der Waals surface area contributed by atoms with Gasteiger partial charge >= 0.3 is 0 Å². The van der Waals surface area contributed by atoms with E-state index in [9.17, 15) is 13.2 Å². The lowest BCUT2D eigenvalue weighted by Gasteiger charge is -2.33. The molecule has 2 aliphatic rings. The number of amides is 1. The van der Waals surface area contributed by atoms with Crippen LogP contribution >= 0.6 is 0 Å².